The van der Waals surface area contributed by atoms with Crippen molar-refractivity contribution in [3.8, 4) is 5.75 Å². The normalized spacial score (nSPS) is 13.7. The van der Waals surface area contributed by atoms with Crippen LogP contribution in [0.4, 0.5) is 17.6 Å². The summed E-state index contributed by atoms with van der Waals surface area (Å²) in [5.74, 6) is -0.903. The van der Waals surface area contributed by atoms with Crippen molar-refractivity contribution in [2.45, 2.75) is 11.9 Å². The van der Waals surface area contributed by atoms with E-state index in [1.54, 1.807) is 0 Å². The molecule has 0 saturated heterocycles. The van der Waals surface area contributed by atoms with E-state index in [0.717, 1.165) is 18.2 Å². The average Bonchev–Trinajstić information content (AvgIpc) is 2.37. The van der Waals surface area contributed by atoms with E-state index in [9.17, 15) is 26.0 Å². The molecule has 1 atom stereocenters. The Bertz CT molecular complexity index is 731. The summed E-state index contributed by atoms with van der Waals surface area (Å²) in [6, 6.07) is 7.33. The molecule has 108 valence electrons. The van der Waals surface area contributed by atoms with Crippen molar-refractivity contribution in [2.24, 2.45) is 0 Å². The zero-order chi connectivity index (χ0) is 14.9. The summed E-state index contributed by atoms with van der Waals surface area (Å²) in [7, 11) is -5.12. The number of hydrogen-bond acceptors (Lipinski definition) is 3. The number of fused-ring (bicyclic) bond motifs is 1. The van der Waals surface area contributed by atoms with E-state index in [2.05, 4.69) is 4.18 Å². The van der Waals surface area contributed by atoms with Gasteiger partial charge in [0, 0.05) is 5.39 Å². The number of halogens is 4. The van der Waals surface area contributed by atoms with Gasteiger partial charge in [-0.3, -0.25) is 0 Å². The lowest BCUT2D eigenvalue weighted by atomic mass is 10.1. The third-order valence-electron chi connectivity index (χ3n) is 2.48. The summed E-state index contributed by atoms with van der Waals surface area (Å²) >= 11 is 0. The van der Waals surface area contributed by atoms with Crippen LogP contribution < -0.4 is 4.18 Å². The summed E-state index contributed by atoms with van der Waals surface area (Å²) < 4.78 is 77.1. The molecule has 2 rings (SSSR count). The van der Waals surface area contributed by atoms with Crippen molar-refractivity contribution < 1.29 is 30.2 Å². The zero-order valence-corrected chi connectivity index (χ0v) is 10.6. The van der Waals surface area contributed by atoms with Crippen LogP contribution in [0, 0.1) is 5.82 Å². The fraction of sp³-hybridized carbons (Fsp3) is 0.167. The molecule has 0 aromatic heterocycles. The van der Waals surface area contributed by atoms with Crippen molar-refractivity contribution in [3.63, 3.8) is 0 Å². The van der Waals surface area contributed by atoms with Crippen molar-refractivity contribution in [3.05, 3.63) is 42.2 Å². The Morgan fingerprint density at radius 3 is 2.40 bits per heavy atom. The van der Waals surface area contributed by atoms with E-state index < -0.39 is 27.9 Å². The molecule has 0 fully saturated rings. The van der Waals surface area contributed by atoms with Crippen LogP contribution in [0.15, 0.2) is 36.4 Å². The van der Waals surface area contributed by atoms with Crippen LogP contribution >= 0.6 is 0 Å². The molecule has 0 spiro atoms. The molecule has 0 aliphatic heterocycles. The lowest BCUT2D eigenvalue weighted by Crippen LogP contribution is -2.28. The minimum Gasteiger partial charge on any atom is -0.380 e. The second kappa shape index (κ2) is 5.28. The molecular formula is C12H8F4O3S. The first-order valence-electron chi connectivity index (χ1n) is 5.35. The SMILES string of the molecule is O=S(=O)(Oc1cccc2cc(F)ccc12)C(F)C(F)F. The molecule has 2 aromatic carbocycles. The summed E-state index contributed by atoms with van der Waals surface area (Å²) in [5.41, 5.74) is -3.45. The maximum atomic E-state index is 13.0. The van der Waals surface area contributed by atoms with Crippen LogP contribution in [0.25, 0.3) is 10.8 Å². The van der Waals surface area contributed by atoms with Crippen LogP contribution in [-0.4, -0.2) is 20.3 Å². The van der Waals surface area contributed by atoms with Crippen LogP contribution in [0.5, 0.6) is 5.75 Å². The highest BCUT2D eigenvalue weighted by molar-refractivity contribution is 7.87. The molecule has 0 aliphatic carbocycles. The van der Waals surface area contributed by atoms with Crippen LogP contribution in [0.3, 0.4) is 0 Å². The van der Waals surface area contributed by atoms with Gasteiger partial charge in [-0.25, -0.2) is 17.6 Å². The van der Waals surface area contributed by atoms with Crippen molar-refractivity contribution in [1.29, 1.82) is 0 Å². The number of benzene rings is 2. The Hall–Kier alpha value is -1.83. The maximum absolute atomic E-state index is 13.0. The average molecular weight is 308 g/mol. The molecule has 1 unspecified atom stereocenters. The Balaban J connectivity index is 2.45. The highest BCUT2D eigenvalue weighted by Gasteiger charge is 2.36. The number of hydrogen-bond donors (Lipinski definition) is 0. The molecule has 20 heavy (non-hydrogen) atoms. The van der Waals surface area contributed by atoms with Crippen molar-refractivity contribution in [2.75, 3.05) is 0 Å². The minimum absolute atomic E-state index is 0.166. The highest BCUT2D eigenvalue weighted by atomic mass is 32.2. The Morgan fingerprint density at radius 2 is 1.75 bits per heavy atom. The Kier molecular flexibility index (Phi) is 3.85. The second-order valence-corrected chi connectivity index (χ2v) is 5.49. The molecule has 0 amide bonds. The van der Waals surface area contributed by atoms with E-state index in [4.69, 9.17) is 0 Å². The van der Waals surface area contributed by atoms with Crippen molar-refractivity contribution >= 4 is 20.9 Å². The van der Waals surface area contributed by atoms with E-state index in [-0.39, 0.29) is 11.1 Å². The predicted octanol–water partition coefficient (Wildman–Crippen LogP) is 3.25. The topological polar surface area (TPSA) is 43.4 Å². The van der Waals surface area contributed by atoms with Crippen molar-refractivity contribution in [1.82, 2.24) is 0 Å². The standard InChI is InChI=1S/C12H8F4O3S/c13-8-4-5-9-7(6-8)2-1-3-10(9)19-20(17,18)12(16)11(14)15/h1-6,11-12H. The molecule has 0 radical (unpaired) electrons. The minimum atomic E-state index is -5.12. The molecule has 2 aromatic rings. The first kappa shape index (κ1) is 14.6. The van der Waals surface area contributed by atoms with Gasteiger partial charge in [-0.2, -0.15) is 8.42 Å². The van der Waals surface area contributed by atoms with Gasteiger partial charge in [0.15, 0.2) is 5.75 Å². The number of rotatable bonds is 4. The molecule has 0 N–H and O–H groups in total. The van der Waals surface area contributed by atoms with E-state index in [1.807, 2.05) is 0 Å². The predicted molar refractivity (Wildman–Crippen MR) is 64.4 cm³/mol. The molecule has 0 saturated carbocycles. The molecule has 8 heteroatoms. The summed E-state index contributed by atoms with van der Waals surface area (Å²) in [6.45, 7) is 0. The fourth-order valence-electron chi connectivity index (χ4n) is 1.59. The molecule has 3 nitrogen and oxygen atoms in total. The largest absolute Gasteiger partial charge is 0.380 e. The van der Waals surface area contributed by atoms with Gasteiger partial charge in [-0.05, 0) is 29.7 Å². The third kappa shape index (κ3) is 2.84. The first-order valence-corrected chi connectivity index (χ1v) is 6.82. The maximum Gasteiger partial charge on any atom is 0.347 e. The third-order valence-corrected chi connectivity index (χ3v) is 3.65. The first-order chi connectivity index (χ1) is 9.31. The zero-order valence-electron chi connectivity index (χ0n) is 9.76. The van der Waals surface area contributed by atoms with E-state index in [1.165, 1.54) is 18.2 Å². The van der Waals surface area contributed by atoms with Crippen LogP contribution in [-0.2, 0) is 10.1 Å². The lowest BCUT2D eigenvalue weighted by molar-refractivity contribution is 0.0865. The highest BCUT2D eigenvalue weighted by Crippen LogP contribution is 2.28. The Morgan fingerprint density at radius 1 is 1.05 bits per heavy atom. The number of alkyl halides is 3. The fourth-order valence-corrected chi connectivity index (χ4v) is 2.33. The van der Waals surface area contributed by atoms with Gasteiger partial charge in [0.25, 0.3) is 11.9 Å². The van der Waals surface area contributed by atoms with Gasteiger partial charge in [0.2, 0.25) is 0 Å². The van der Waals surface area contributed by atoms with Gasteiger partial charge in [0.1, 0.15) is 5.82 Å². The molecule has 0 bridgehead atoms. The molecule has 0 aliphatic rings. The lowest BCUT2D eigenvalue weighted by Gasteiger charge is -2.12. The second-order valence-electron chi connectivity index (χ2n) is 3.88. The summed E-state index contributed by atoms with van der Waals surface area (Å²) in [5, 5.41) is 0.462. The quantitative estimate of drug-likeness (QED) is 0.643. The monoisotopic (exact) mass is 308 g/mol. The van der Waals surface area contributed by atoms with Crippen LogP contribution in [0.1, 0.15) is 0 Å². The van der Waals surface area contributed by atoms with Gasteiger partial charge in [0.05, 0.1) is 0 Å². The van der Waals surface area contributed by atoms with Gasteiger partial charge in [-0.1, -0.05) is 12.1 Å². The molecular weight excluding hydrogens is 300 g/mol. The van der Waals surface area contributed by atoms with Crippen LogP contribution in [0.2, 0.25) is 0 Å². The summed E-state index contributed by atoms with van der Waals surface area (Å²) in [4.78, 5) is 0. The summed E-state index contributed by atoms with van der Waals surface area (Å²) in [6.07, 6.45) is -3.72. The van der Waals surface area contributed by atoms with Gasteiger partial charge in [-0.15, -0.1) is 0 Å². The van der Waals surface area contributed by atoms with E-state index in [0.29, 0.717) is 5.39 Å². The van der Waals surface area contributed by atoms with E-state index >= 15 is 0 Å². The van der Waals surface area contributed by atoms with Gasteiger partial charge < -0.3 is 4.18 Å². The smallest absolute Gasteiger partial charge is 0.347 e. The Labute approximate surface area is 111 Å². The molecule has 0 heterocycles. The van der Waals surface area contributed by atoms with Gasteiger partial charge >= 0.3 is 10.1 Å².